The standard InChI is InChI=1S/C37H48OSi.C34H40O.2CO2/c1-9-30-14-16-32(17-15-30)35-21-20-34(27-29(35)5)37(10-2,11-3)33-19-18-31(28(4)26-33)22-25-36(23-12-13-24-36)38-39(6,7)8;1-6-27-11-13-29(14-12-27)32-18-17-31(24-26(32)5)34(7-2,8-3)30-16-15-28(25(4)23-30)19-22-33(35)20-9-10-21-33;2*2-1-3/h14-21,26-27H,9-13,23-24H2,1-8H3;11-18,23-24,35H,6-10,20-21H2,1-5H3;;. The highest BCUT2D eigenvalue weighted by Crippen LogP contribution is 2.43. The minimum absolute atomic E-state index is 0.0142. The zero-order valence-electron chi connectivity index (χ0n) is 50.4. The van der Waals surface area contributed by atoms with Gasteiger partial charge in [-0.1, -0.05) is 174 Å². The molecule has 80 heavy (non-hydrogen) atoms. The summed E-state index contributed by atoms with van der Waals surface area (Å²) < 4.78 is 6.65. The van der Waals surface area contributed by atoms with Gasteiger partial charge < -0.3 is 9.53 Å². The zero-order valence-corrected chi connectivity index (χ0v) is 51.4. The largest absolute Gasteiger partial charge is 0.402 e. The van der Waals surface area contributed by atoms with Gasteiger partial charge >= 0.3 is 12.3 Å². The van der Waals surface area contributed by atoms with Crippen LogP contribution in [0.15, 0.2) is 121 Å². The molecule has 0 aliphatic heterocycles. The second-order valence-corrected chi connectivity index (χ2v) is 27.5. The fourth-order valence-electron chi connectivity index (χ4n) is 12.3. The van der Waals surface area contributed by atoms with Crippen molar-refractivity contribution in [2.45, 2.75) is 201 Å². The molecule has 6 nitrogen and oxygen atoms in total. The molecule has 0 unspecified atom stereocenters. The molecule has 6 aromatic rings. The molecule has 0 bridgehead atoms. The lowest BCUT2D eigenvalue weighted by Crippen LogP contribution is -2.39. The second kappa shape index (κ2) is 29.2. The Morgan fingerprint density at radius 2 is 0.787 bits per heavy atom. The lowest BCUT2D eigenvalue weighted by molar-refractivity contribution is -0.193. The number of hydrogen-bond acceptors (Lipinski definition) is 6. The summed E-state index contributed by atoms with van der Waals surface area (Å²) in [5, 5.41) is 10.6. The van der Waals surface area contributed by atoms with Crippen LogP contribution in [-0.4, -0.2) is 36.9 Å². The van der Waals surface area contributed by atoms with Gasteiger partial charge in [-0.25, -0.2) is 0 Å². The van der Waals surface area contributed by atoms with Crippen molar-refractivity contribution in [3.63, 3.8) is 0 Å². The molecule has 2 aliphatic carbocycles. The van der Waals surface area contributed by atoms with Gasteiger partial charge in [-0.3, -0.25) is 0 Å². The molecule has 1 N–H and O–H groups in total. The molecule has 2 saturated carbocycles. The number of aryl methyl sites for hydroxylation is 6. The van der Waals surface area contributed by atoms with E-state index in [0.29, 0.717) is 0 Å². The Hall–Kier alpha value is -6.66. The van der Waals surface area contributed by atoms with Crippen molar-refractivity contribution in [1.82, 2.24) is 0 Å². The molecule has 0 heterocycles. The number of rotatable bonds is 14. The fourth-order valence-corrected chi connectivity index (χ4v) is 13.7. The van der Waals surface area contributed by atoms with Crippen LogP contribution in [0.1, 0.15) is 185 Å². The van der Waals surface area contributed by atoms with E-state index in [1.54, 1.807) is 0 Å². The van der Waals surface area contributed by atoms with E-state index in [1.165, 1.54) is 90.7 Å². The van der Waals surface area contributed by atoms with E-state index in [2.05, 4.69) is 234 Å². The highest BCUT2D eigenvalue weighted by molar-refractivity contribution is 6.69. The summed E-state index contributed by atoms with van der Waals surface area (Å²) in [6.45, 7) is 29.4. The molecule has 0 atom stereocenters. The lowest BCUT2D eigenvalue weighted by Gasteiger charge is -2.34. The van der Waals surface area contributed by atoms with Gasteiger partial charge in [0, 0.05) is 22.0 Å². The summed E-state index contributed by atoms with van der Waals surface area (Å²) in [6.07, 6.45) is 15.1. The minimum Gasteiger partial charge on any atom is -0.402 e. The highest BCUT2D eigenvalue weighted by atomic mass is 28.4. The van der Waals surface area contributed by atoms with Crippen LogP contribution in [0.25, 0.3) is 22.3 Å². The SMILES string of the molecule is CCc1ccc(-c2ccc(C(CC)(CC)c3ccc(C#CC4(O)CCCC4)c(C)c3)cc2C)cc1.CCc1ccc(-c2ccc(C(CC)(CC)c3ccc(C#CC4(O[Si](C)(C)C)CCCC4)c(C)c3)cc2C)cc1.O=C=O.O=C=O. The molecule has 0 aromatic heterocycles. The van der Waals surface area contributed by atoms with Crippen molar-refractivity contribution < 1.29 is 28.7 Å². The first-order valence-corrected chi connectivity index (χ1v) is 32.7. The third-order valence-electron chi connectivity index (χ3n) is 17.1. The van der Waals surface area contributed by atoms with E-state index in [-0.39, 0.29) is 28.7 Å². The maximum atomic E-state index is 10.6. The van der Waals surface area contributed by atoms with Crippen molar-refractivity contribution in [2.24, 2.45) is 0 Å². The predicted molar refractivity (Wildman–Crippen MR) is 330 cm³/mol. The summed E-state index contributed by atoms with van der Waals surface area (Å²) in [5.41, 5.74) is 19.7. The van der Waals surface area contributed by atoms with Gasteiger partial charge in [0.1, 0.15) is 11.2 Å². The molecule has 7 heteroatoms. The Morgan fingerprint density at radius 3 is 1.10 bits per heavy atom. The van der Waals surface area contributed by atoms with Crippen molar-refractivity contribution in [1.29, 1.82) is 0 Å². The summed E-state index contributed by atoms with van der Waals surface area (Å²) >= 11 is 0. The van der Waals surface area contributed by atoms with E-state index >= 15 is 0 Å². The second-order valence-electron chi connectivity index (χ2n) is 23.1. The monoisotopic (exact) mass is 1090 g/mol. The molecular formula is C73H88O6Si. The number of carbonyl (C=O) groups excluding carboxylic acids is 4. The van der Waals surface area contributed by atoms with Crippen molar-refractivity contribution >= 4 is 20.6 Å². The molecule has 6 aromatic carbocycles. The third kappa shape index (κ3) is 15.8. The average Bonchev–Trinajstić information content (AvgIpc) is 4.16. The first kappa shape index (κ1) is 64.2. The summed E-state index contributed by atoms with van der Waals surface area (Å²) in [5.74, 6) is 13.7. The topological polar surface area (TPSA) is 97.7 Å². The first-order chi connectivity index (χ1) is 38.2. The van der Waals surface area contributed by atoms with Crippen LogP contribution in [0.4, 0.5) is 0 Å². The van der Waals surface area contributed by atoms with Gasteiger partial charge in [-0.05, 0) is 227 Å². The normalized spacial score (nSPS) is 14.2. The van der Waals surface area contributed by atoms with E-state index in [4.69, 9.17) is 23.6 Å². The number of aliphatic hydroxyl groups is 1. The summed E-state index contributed by atoms with van der Waals surface area (Å²) in [4.78, 5) is 32.5. The molecule has 0 spiro atoms. The Bertz CT molecular complexity index is 3180. The van der Waals surface area contributed by atoms with E-state index in [0.717, 1.165) is 88.2 Å². The van der Waals surface area contributed by atoms with Crippen LogP contribution in [0, 0.1) is 51.4 Å². The predicted octanol–water partition coefficient (Wildman–Crippen LogP) is 17.3. The fraction of sp³-hybridized carbons (Fsp3) is 0.425. The van der Waals surface area contributed by atoms with Crippen LogP contribution in [-0.2, 0) is 47.3 Å². The van der Waals surface area contributed by atoms with Crippen LogP contribution in [0.2, 0.25) is 19.6 Å². The number of hydrogen-bond donors (Lipinski definition) is 1. The van der Waals surface area contributed by atoms with E-state index < -0.39 is 13.9 Å². The van der Waals surface area contributed by atoms with E-state index in [1.807, 2.05) is 0 Å². The smallest absolute Gasteiger partial charge is 0.373 e. The molecule has 2 aliphatic rings. The summed E-state index contributed by atoms with van der Waals surface area (Å²) in [7, 11) is -1.67. The highest BCUT2D eigenvalue weighted by Gasteiger charge is 2.38. The Morgan fingerprint density at radius 1 is 0.463 bits per heavy atom. The van der Waals surface area contributed by atoms with Gasteiger partial charge in [0.2, 0.25) is 0 Å². The molecule has 2 fully saturated rings. The van der Waals surface area contributed by atoms with Crippen LogP contribution >= 0.6 is 0 Å². The van der Waals surface area contributed by atoms with Crippen LogP contribution in [0.3, 0.4) is 0 Å². The summed E-state index contributed by atoms with van der Waals surface area (Å²) in [6, 6.07) is 45.9. The first-order valence-electron chi connectivity index (χ1n) is 29.3. The van der Waals surface area contributed by atoms with Crippen LogP contribution in [0.5, 0.6) is 0 Å². The Balaban J connectivity index is 0.000000269. The van der Waals surface area contributed by atoms with Gasteiger partial charge in [0.25, 0.3) is 0 Å². The molecule has 0 amide bonds. The maximum Gasteiger partial charge on any atom is 0.373 e. The molecule has 0 radical (unpaired) electrons. The molecular weight excluding hydrogens is 1000 g/mol. The van der Waals surface area contributed by atoms with Crippen molar-refractivity contribution in [3.8, 4) is 45.9 Å². The Labute approximate surface area is 481 Å². The van der Waals surface area contributed by atoms with Gasteiger partial charge in [-0.2, -0.15) is 19.2 Å². The van der Waals surface area contributed by atoms with Crippen molar-refractivity contribution in [3.05, 3.63) is 188 Å². The Kier molecular flexibility index (Phi) is 23.4. The molecule has 420 valence electrons. The van der Waals surface area contributed by atoms with Gasteiger partial charge in [-0.15, -0.1) is 0 Å². The zero-order chi connectivity index (χ0) is 58.7. The number of benzene rings is 6. The minimum atomic E-state index is -1.67. The lowest BCUT2D eigenvalue weighted by atomic mass is 9.69. The average molecular weight is 1090 g/mol. The van der Waals surface area contributed by atoms with Crippen molar-refractivity contribution in [2.75, 3.05) is 0 Å². The van der Waals surface area contributed by atoms with Gasteiger partial charge in [0.15, 0.2) is 8.32 Å². The third-order valence-corrected chi connectivity index (χ3v) is 18.1. The van der Waals surface area contributed by atoms with Crippen LogP contribution < -0.4 is 0 Å². The quantitative estimate of drug-likeness (QED) is 0.0862. The maximum absolute atomic E-state index is 10.6. The van der Waals surface area contributed by atoms with E-state index in [9.17, 15) is 5.11 Å². The van der Waals surface area contributed by atoms with Gasteiger partial charge in [0.05, 0.1) is 0 Å². The molecule has 0 saturated heterocycles. The molecule has 8 rings (SSSR count).